The fraction of sp³-hybridized carbons (Fsp3) is 0.219. The summed E-state index contributed by atoms with van der Waals surface area (Å²) in [6, 6.07) is 10.8. The number of nitrogens with zero attached hydrogens (tertiary/aromatic N) is 4. The van der Waals surface area contributed by atoms with Gasteiger partial charge in [-0.3, -0.25) is 9.59 Å². The molecule has 3 unspecified atom stereocenters. The number of amides is 2. The smallest absolute Gasteiger partial charge is 0.352 e. The summed E-state index contributed by atoms with van der Waals surface area (Å²) in [6.45, 7) is 0.474. The Morgan fingerprint density at radius 1 is 1.20 bits per heavy atom. The number of carboxylic acid groups (broad SMARTS) is 2. The second-order valence-electron chi connectivity index (χ2n) is 11.2. The number of carbonyl (C=O) groups is 4. The molecule has 0 radical (unpaired) electrons. The van der Waals surface area contributed by atoms with Crippen LogP contribution in [0.3, 0.4) is 0 Å². The Hall–Kier alpha value is -5.75. The highest BCUT2D eigenvalue weighted by Crippen LogP contribution is 2.41. The molecule has 18 heteroatoms. The van der Waals surface area contributed by atoms with Gasteiger partial charge in [-0.05, 0) is 30.3 Å². The van der Waals surface area contributed by atoms with E-state index in [-0.39, 0.29) is 10.8 Å². The summed E-state index contributed by atoms with van der Waals surface area (Å²) in [5.41, 5.74) is 5.56. The summed E-state index contributed by atoms with van der Waals surface area (Å²) in [4.78, 5) is 61.6. The fourth-order valence-corrected chi connectivity index (χ4v) is 7.74. The molecule has 0 aliphatic carbocycles. The van der Waals surface area contributed by atoms with Crippen LogP contribution in [0.15, 0.2) is 77.4 Å². The Morgan fingerprint density at radius 3 is 2.66 bits per heavy atom. The van der Waals surface area contributed by atoms with E-state index in [1.54, 1.807) is 6.08 Å². The third-order valence-corrected chi connectivity index (χ3v) is 10.2. The van der Waals surface area contributed by atoms with Gasteiger partial charge in [-0.1, -0.05) is 23.4 Å². The Labute approximate surface area is 290 Å². The normalized spacial score (nSPS) is 21.0. The largest absolute Gasteiger partial charge is 0.504 e. The van der Waals surface area contributed by atoms with Crippen molar-refractivity contribution in [2.75, 3.05) is 11.5 Å². The van der Waals surface area contributed by atoms with E-state index in [4.69, 9.17) is 10.6 Å². The number of aromatic nitrogens is 2. The van der Waals surface area contributed by atoms with E-state index in [0.29, 0.717) is 18.4 Å². The number of benzene rings is 2. The average molecular weight is 724 g/mol. The number of aliphatic carboxylic acids is 2. The Morgan fingerprint density at radius 2 is 1.96 bits per heavy atom. The second kappa shape index (κ2) is 14.0. The lowest BCUT2D eigenvalue weighted by atomic mass is 9.93. The molecule has 4 heterocycles. The lowest BCUT2D eigenvalue weighted by Gasteiger charge is -2.53. The van der Waals surface area contributed by atoms with Crippen molar-refractivity contribution in [1.82, 2.24) is 15.2 Å². The number of aromatic hydroxyl groups is 2. The molecule has 0 bridgehead atoms. The third kappa shape index (κ3) is 6.61. The van der Waals surface area contributed by atoms with Gasteiger partial charge in [-0.15, -0.1) is 23.1 Å². The summed E-state index contributed by atoms with van der Waals surface area (Å²) in [6.07, 6.45) is 3.51. The van der Waals surface area contributed by atoms with Gasteiger partial charge in [0.05, 0.1) is 0 Å². The van der Waals surface area contributed by atoms with Crippen LogP contribution >= 0.6 is 23.1 Å². The minimum absolute atomic E-state index is 0.0248. The number of fused-ring (bicyclic) bond motifs is 2. The molecule has 15 nitrogen and oxygen atoms in total. The van der Waals surface area contributed by atoms with Gasteiger partial charge >= 0.3 is 11.9 Å². The van der Waals surface area contributed by atoms with Crippen molar-refractivity contribution in [2.45, 2.75) is 30.1 Å². The molecule has 6 rings (SSSR count). The van der Waals surface area contributed by atoms with Gasteiger partial charge in [0.25, 0.3) is 5.91 Å². The Bertz CT molecular complexity index is 2050. The third-order valence-electron chi connectivity index (χ3n) is 8.08. The molecule has 7 N–H and O–H groups in total. The van der Waals surface area contributed by atoms with Gasteiger partial charge in [-0.2, -0.15) is 4.57 Å². The molecule has 0 spiro atoms. The summed E-state index contributed by atoms with van der Waals surface area (Å²) in [5.74, 6) is -8.13. The number of nitrogens with two attached hydrogens (primary N) is 1. The van der Waals surface area contributed by atoms with Gasteiger partial charge in [0.2, 0.25) is 17.5 Å². The molecule has 2 aliphatic heterocycles. The zero-order valence-corrected chi connectivity index (χ0v) is 27.3. The maximum absolute atomic E-state index is 14.0. The molecule has 258 valence electrons. The van der Waals surface area contributed by atoms with Gasteiger partial charge in [-0.25, -0.2) is 19.0 Å². The SMILES string of the molecule is Nc1nc(C(=NOC(C(=O)O)c2cc(O)c(O)c(F)c2)C(=O)N[C@@H]2C(=O)N3C(C(=O)O)C(/C=C/C[n+]4cccc5ccccc54)CS[C@H]23)cs1. The number of halogens is 1. The molecule has 2 aromatic carbocycles. The number of phenols is 2. The maximum Gasteiger partial charge on any atom is 0.352 e. The number of hydrogen-bond acceptors (Lipinski definition) is 12. The second-order valence-corrected chi connectivity index (χ2v) is 13.3. The van der Waals surface area contributed by atoms with Crippen molar-refractivity contribution < 1.29 is 53.4 Å². The number of phenolic OH excluding ortho intramolecular Hbond substituents is 2. The van der Waals surface area contributed by atoms with E-state index in [1.807, 2.05) is 53.2 Å². The van der Waals surface area contributed by atoms with Crippen LogP contribution < -0.4 is 15.6 Å². The molecule has 2 aliphatic rings. The first-order chi connectivity index (χ1) is 23.9. The van der Waals surface area contributed by atoms with Gasteiger partial charge in [0.1, 0.15) is 23.2 Å². The minimum atomic E-state index is -2.05. The standard InChI is InChI=1S/C32H27FN6O9S2/c33-18-11-17(12-21(40)25(18)41)26(31(46)47)48-37-22(19-14-50-32(34)35-19)27(42)36-23-28(43)39-24(30(44)45)16(13-49-29(23)39)7-4-10-38-9-3-6-15-5-1-2-8-20(15)38/h1-9,11-12,14,16,23-24,26,29H,10,13H2,(H6-,34,35,36,37,40,41,42,44,45,46,47)/p+1/b7-4+/t16?,23-,24?,26?,29-/m1/s1. The van der Waals surface area contributed by atoms with Crippen molar-refractivity contribution in [3.8, 4) is 11.5 Å². The number of carboxylic acids is 2. The Balaban J connectivity index is 1.18. The van der Waals surface area contributed by atoms with Gasteiger partial charge in [0, 0.05) is 40.1 Å². The van der Waals surface area contributed by atoms with Crippen LogP contribution in [0.5, 0.6) is 11.5 Å². The van der Waals surface area contributed by atoms with Crippen molar-refractivity contribution in [3.05, 3.63) is 89.3 Å². The van der Waals surface area contributed by atoms with Crippen LogP contribution in [0.25, 0.3) is 10.9 Å². The molecule has 2 aromatic heterocycles. The fourth-order valence-electron chi connectivity index (χ4n) is 5.71. The number of anilines is 1. The van der Waals surface area contributed by atoms with Crippen molar-refractivity contribution >= 4 is 68.6 Å². The minimum Gasteiger partial charge on any atom is -0.504 e. The van der Waals surface area contributed by atoms with E-state index in [9.17, 15) is 44.0 Å². The lowest BCUT2D eigenvalue weighted by molar-refractivity contribution is -0.661. The van der Waals surface area contributed by atoms with Crippen molar-refractivity contribution in [3.63, 3.8) is 0 Å². The first-order valence-corrected chi connectivity index (χ1v) is 16.8. The summed E-state index contributed by atoms with van der Waals surface area (Å²) < 4.78 is 16.1. The van der Waals surface area contributed by atoms with Crippen molar-refractivity contribution in [2.24, 2.45) is 11.1 Å². The van der Waals surface area contributed by atoms with Gasteiger partial charge < -0.3 is 41.2 Å². The summed E-state index contributed by atoms with van der Waals surface area (Å²) >= 11 is 2.22. The van der Waals surface area contributed by atoms with Crippen LogP contribution in [0.4, 0.5) is 9.52 Å². The molecule has 50 heavy (non-hydrogen) atoms. The van der Waals surface area contributed by atoms with E-state index >= 15 is 0 Å². The van der Waals surface area contributed by atoms with Crippen LogP contribution in [-0.4, -0.2) is 83.0 Å². The number of rotatable bonds is 11. The molecule has 2 saturated heterocycles. The van der Waals surface area contributed by atoms with Crippen molar-refractivity contribution in [1.29, 1.82) is 0 Å². The zero-order valence-electron chi connectivity index (χ0n) is 25.6. The maximum atomic E-state index is 14.0. The van der Waals surface area contributed by atoms with E-state index in [1.165, 1.54) is 22.0 Å². The van der Waals surface area contributed by atoms with Crippen LogP contribution in [0, 0.1) is 11.7 Å². The number of nitrogen functional groups attached to an aromatic ring is 1. The first-order valence-electron chi connectivity index (χ1n) is 14.8. The lowest BCUT2D eigenvalue weighted by Crippen LogP contribution is -2.76. The molecule has 2 fully saturated rings. The number of β-lactam (4-membered cyclic amide) rings is 1. The van der Waals surface area contributed by atoms with Crippen LogP contribution in [0.1, 0.15) is 17.4 Å². The van der Waals surface area contributed by atoms with Gasteiger partial charge in [0.15, 0.2) is 40.9 Å². The molecule has 5 atom stereocenters. The highest BCUT2D eigenvalue weighted by Gasteiger charge is 2.57. The quantitative estimate of drug-likeness (QED) is 0.0326. The molecular weight excluding hydrogens is 696 g/mol. The molecule has 4 aromatic rings. The number of nitrogens with one attached hydrogen (secondary N) is 1. The number of allylic oxidation sites excluding steroid dienone is 1. The van der Waals surface area contributed by atoms with Crippen LogP contribution in [-0.2, 0) is 30.6 Å². The average Bonchev–Trinajstić information content (AvgIpc) is 3.52. The zero-order chi connectivity index (χ0) is 35.7. The van der Waals surface area contributed by atoms with E-state index < -0.39 is 81.8 Å². The number of oxime groups is 1. The predicted molar refractivity (Wildman–Crippen MR) is 177 cm³/mol. The number of para-hydroxylation sites is 1. The number of thiazole rings is 1. The predicted octanol–water partition coefficient (Wildman–Crippen LogP) is 1.99. The highest BCUT2D eigenvalue weighted by atomic mass is 32.2. The van der Waals surface area contributed by atoms with Crippen LogP contribution in [0.2, 0.25) is 0 Å². The number of carbonyl (C=O) groups excluding carboxylic acids is 2. The first kappa shape index (κ1) is 34.1. The molecule has 0 saturated carbocycles. The topological polar surface area (TPSA) is 229 Å². The van der Waals surface area contributed by atoms with E-state index in [2.05, 4.69) is 15.5 Å². The van der Waals surface area contributed by atoms with E-state index in [0.717, 1.165) is 28.3 Å². The monoisotopic (exact) mass is 723 g/mol. The summed E-state index contributed by atoms with van der Waals surface area (Å²) in [5, 5.41) is 47.0. The Kier molecular flexibility index (Phi) is 9.56. The number of hydrogen-bond donors (Lipinski definition) is 6. The highest BCUT2D eigenvalue weighted by molar-refractivity contribution is 8.00. The number of thioether (sulfide) groups is 1. The summed E-state index contributed by atoms with van der Waals surface area (Å²) in [7, 11) is 0. The number of pyridine rings is 1. The molecular formula is C32H28FN6O9S2+. The molecule has 2 amide bonds.